The fraction of sp³-hybridized carbons (Fsp3) is 0.368. The standard InChI is InChI=1S/C19H21Cl2N3OS/c1-13-9-16(21)17(22-11-13)24-18(26)23-12-19(5-7-25-8-6-19)14-3-2-4-15(20)10-14/h2-4,9-11H,5-8,12H2,1H3,(H2,22,23,24,26). The van der Waals surface area contributed by atoms with E-state index in [1.807, 2.05) is 31.2 Å². The molecule has 2 aromatic rings. The molecule has 0 saturated carbocycles. The van der Waals surface area contributed by atoms with Crippen molar-refractivity contribution in [2.45, 2.75) is 25.2 Å². The third-order valence-electron chi connectivity index (χ3n) is 4.68. The highest BCUT2D eigenvalue weighted by atomic mass is 35.5. The third kappa shape index (κ3) is 4.65. The molecule has 0 radical (unpaired) electrons. The van der Waals surface area contributed by atoms with Crippen LogP contribution in [0.4, 0.5) is 5.82 Å². The molecule has 1 aromatic carbocycles. The first kappa shape index (κ1) is 19.4. The molecule has 0 atom stereocenters. The highest BCUT2D eigenvalue weighted by Crippen LogP contribution is 2.35. The van der Waals surface area contributed by atoms with Gasteiger partial charge in [-0.2, -0.15) is 0 Å². The molecule has 2 heterocycles. The summed E-state index contributed by atoms with van der Waals surface area (Å²) in [5.41, 5.74) is 2.14. The predicted molar refractivity (Wildman–Crippen MR) is 111 cm³/mol. The lowest BCUT2D eigenvalue weighted by molar-refractivity contribution is 0.0515. The Bertz CT molecular complexity index is 794. The Morgan fingerprint density at radius 1 is 1.27 bits per heavy atom. The molecule has 1 aliphatic heterocycles. The first-order valence-corrected chi connectivity index (χ1v) is 9.66. The van der Waals surface area contributed by atoms with E-state index in [1.54, 1.807) is 6.20 Å². The average Bonchev–Trinajstić information content (AvgIpc) is 2.63. The summed E-state index contributed by atoms with van der Waals surface area (Å²) in [6.07, 6.45) is 3.57. The zero-order valence-corrected chi connectivity index (χ0v) is 16.8. The molecule has 0 bridgehead atoms. The van der Waals surface area contributed by atoms with Crippen molar-refractivity contribution in [3.63, 3.8) is 0 Å². The Morgan fingerprint density at radius 3 is 2.73 bits per heavy atom. The van der Waals surface area contributed by atoms with Gasteiger partial charge in [0.25, 0.3) is 0 Å². The monoisotopic (exact) mass is 409 g/mol. The van der Waals surface area contributed by atoms with Gasteiger partial charge >= 0.3 is 0 Å². The number of hydrogen-bond acceptors (Lipinski definition) is 3. The molecular formula is C19H21Cl2N3OS. The van der Waals surface area contributed by atoms with Crippen molar-refractivity contribution in [2.75, 3.05) is 25.1 Å². The van der Waals surface area contributed by atoms with Crippen molar-refractivity contribution in [1.29, 1.82) is 0 Å². The number of ether oxygens (including phenoxy) is 1. The van der Waals surface area contributed by atoms with Crippen molar-refractivity contribution in [1.82, 2.24) is 10.3 Å². The zero-order valence-electron chi connectivity index (χ0n) is 14.5. The molecule has 0 aliphatic carbocycles. The summed E-state index contributed by atoms with van der Waals surface area (Å²) >= 11 is 17.9. The number of nitrogens with one attached hydrogen (secondary N) is 2. The second-order valence-electron chi connectivity index (χ2n) is 6.55. The van der Waals surface area contributed by atoms with E-state index in [0.29, 0.717) is 22.5 Å². The van der Waals surface area contributed by atoms with Gasteiger partial charge in [0.05, 0.1) is 5.02 Å². The first-order valence-electron chi connectivity index (χ1n) is 8.49. The van der Waals surface area contributed by atoms with Crippen LogP contribution in [-0.4, -0.2) is 29.9 Å². The van der Waals surface area contributed by atoms with Gasteiger partial charge in [-0.25, -0.2) is 4.98 Å². The van der Waals surface area contributed by atoms with Gasteiger partial charge < -0.3 is 15.4 Å². The molecule has 2 N–H and O–H groups in total. The molecule has 0 unspecified atom stereocenters. The summed E-state index contributed by atoms with van der Waals surface area (Å²) in [5, 5.41) is 8.18. The number of anilines is 1. The lowest BCUT2D eigenvalue weighted by Crippen LogP contribution is -2.45. The van der Waals surface area contributed by atoms with Crippen LogP contribution in [0, 0.1) is 6.92 Å². The predicted octanol–water partition coefficient (Wildman–Crippen LogP) is 4.73. The van der Waals surface area contributed by atoms with E-state index >= 15 is 0 Å². The minimum Gasteiger partial charge on any atom is -0.381 e. The molecule has 1 fully saturated rings. The van der Waals surface area contributed by atoms with E-state index in [4.69, 9.17) is 40.2 Å². The normalized spacial score (nSPS) is 16.1. The molecule has 1 saturated heterocycles. The van der Waals surface area contributed by atoms with Crippen molar-refractivity contribution < 1.29 is 4.74 Å². The summed E-state index contributed by atoms with van der Waals surface area (Å²) in [6.45, 7) is 4.07. The van der Waals surface area contributed by atoms with E-state index in [-0.39, 0.29) is 5.41 Å². The number of halogens is 2. The number of aryl methyl sites for hydroxylation is 1. The Hall–Kier alpha value is -1.40. The van der Waals surface area contributed by atoms with Crippen LogP contribution in [0.1, 0.15) is 24.0 Å². The fourth-order valence-corrected chi connectivity index (χ4v) is 3.80. The summed E-state index contributed by atoms with van der Waals surface area (Å²) in [6, 6.07) is 9.88. The van der Waals surface area contributed by atoms with Crippen LogP contribution in [0.15, 0.2) is 36.5 Å². The second-order valence-corrected chi connectivity index (χ2v) is 7.81. The van der Waals surface area contributed by atoms with E-state index in [2.05, 4.69) is 21.7 Å². The first-order chi connectivity index (χ1) is 12.5. The molecule has 3 rings (SSSR count). The quantitative estimate of drug-likeness (QED) is 0.714. The average molecular weight is 410 g/mol. The Morgan fingerprint density at radius 2 is 2.04 bits per heavy atom. The minimum atomic E-state index is -0.0701. The van der Waals surface area contributed by atoms with Gasteiger partial charge in [0, 0.05) is 36.4 Å². The number of nitrogens with zero attached hydrogens (tertiary/aromatic N) is 1. The topological polar surface area (TPSA) is 46.2 Å². The lowest BCUT2D eigenvalue weighted by atomic mass is 9.74. The zero-order chi connectivity index (χ0) is 18.6. The highest BCUT2D eigenvalue weighted by Gasteiger charge is 2.34. The second kappa shape index (κ2) is 8.53. The Labute approximate surface area is 169 Å². The number of rotatable bonds is 4. The van der Waals surface area contributed by atoms with E-state index in [1.165, 1.54) is 5.56 Å². The Balaban J connectivity index is 1.70. The summed E-state index contributed by atoms with van der Waals surface area (Å²) in [4.78, 5) is 4.29. The van der Waals surface area contributed by atoms with Gasteiger partial charge in [0.15, 0.2) is 10.9 Å². The van der Waals surface area contributed by atoms with Crippen LogP contribution in [0.2, 0.25) is 10.0 Å². The number of thiocarbonyl (C=S) groups is 1. The van der Waals surface area contributed by atoms with Gasteiger partial charge in [-0.3, -0.25) is 0 Å². The molecule has 1 aromatic heterocycles. The van der Waals surface area contributed by atoms with Crippen LogP contribution in [0.3, 0.4) is 0 Å². The molecule has 1 aliphatic rings. The maximum Gasteiger partial charge on any atom is 0.172 e. The Kier molecular flexibility index (Phi) is 6.35. The summed E-state index contributed by atoms with van der Waals surface area (Å²) < 4.78 is 5.57. The maximum atomic E-state index is 6.22. The van der Waals surface area contributed by atoms with Crippen LogP contribution >= 0.6 is 35.4 Å². The molecule has 0 spiro atoms. The maximum absolute atomic E-state index is 6.22. The lowest BCUT2D eigenvalue weighted by Gasteiger charge is -2.38. The van der Waals surface area contributed by atoms with Crippen molar-refractivity contribution >= 4 is 46.4 Å². The van der Waals surface area contributed by atoms with Gasteiger partial charge in [-0.1, -0.05) is 35.3 Å². The van der Waals surface area contributed by atoms with Crippen molar-refractivity contribution in [3.8, 4) is 0 Å². The fourth-order valence-electron chi connectivity index (χ4n) is 3.17. The highest BCUT2D eigenvalue weighted by molar-refractivity contribution is 7.80. The van der Waals surface area contributed by atoms with Gasteiger partial charge in [-0.05, 0) is 61.3 Å². The largest absolute Gasteiger partial charge is 0.381 e. The van der Waals surface area contributed by atoms with Crippen LogP contribution < -0.4 is 10.6 Å². The molecular weight excluding hydrogens is 389 g/mol. The van der Waals surface area contributed by atoms with Crippen LogP contribution in [0.25, 0.3) is 0 Å². The van der Waals surface area contributed by atoms with E-state index in [0.717, 1.165) is 36.6 Å². The molecule has 138 valence electrons. The minimum absolute atomic E-state index is 0.0701. The van der Waals surface area contributed by atoms with E-state index < -0.39 is 0 Å². The van der Waals surface area contributed by atoms with Crippen molar-refractivity contribution in [3.05, 3.63) is 57.7 Å². The number of benzene rings is 1. The van der Waals surface area contributed by atoms with Crippen LogP contribution in [0.5, 0.6) is 0 Å². The van der Waals surface area contributed by atoms with E-state index in [9.17, 15) is 0 Å². The van der Waals surface area contributed by atoms with Crippen molar-refractivity contribution in [2.24, 2.45) is 0 Å². The third-order valence-corrected chi connectivity index (χ3v) is 5.45. The molecule has 7 heteroatoms. The summed E-state index contributed by atoms with van der Waals surface area (Å²) in [7, 11) is 0. The summed E-state index contributed by atoms with van der Waals surface area (Å²) in [5.74, 6) is 0.554. The molecule has 4 nitrogen and oxygen atoms in total. The van der Waals surface area contributed by atoms with Gasteiger partial charge in [-0.15, -0.1) is 0 Å². The van der Waals surface area contributed by atoms with Crippen LogP contribution in [-0.2, 0) is 10.2 Å². The molecule has 26 heavy (non-hydrogen) atoms. The smallest absolute Gasteiger partial charge is 0.172 e. The van der Waals surface area contributed by atoms with Gasteiger partial charge in [0.1, 0.15) is 0 Å². The van der Waals surface area contributed by atoms with Gasteiger partial charge in [0.2, 0.25) is 0 Å². The number of aromatic nitrogens is 1. The molecule has 0 amide bonds. The number of hydrogen-bond donors (Lipinski definition) is 2. The SMILES string of the molecule is Cc1cnc(NC(=S)NCC2(c3cccc(Cl)c3)CCOCC2)c(Cl)c1. The number of pyridine rings is 1.